The number of nitrogens with two attached hydrogens (primary N) is 1. The van der Waals surface area contributed by atoms with E-state index in [1.807, 2.05) is 30.5 Å². The topological polar surface area (TPSA) is 38.9 Å². The number of nitrogens with zero attached hydrogens (tertiary/aromatic N) is 1. The summed E-state index contributed by atoms with van der Waals surface area (Å²) in [4.78, 5) is 4.49. The van der Waals surface area contributed by atoms with E-state index in [1.54, 1.807) is 0 Å². The molecule has 0 spiro atoms. The van der Waals surface area contributed by atoms with Crippen LogP contribution in [0.2, 0.25) is 5.02 Å². The zero-order valence-electron chi connectivity index (χ0n) is 9.36. The molecule has 2 aromatic rings. The molecule has 17 heavy (non-hydrogen) atoms. The highest BCUT2D eigenvalue weighted by molar-refractivity contribution is 6.30. The van der Waals surface area contributed by atoms with Crippen molar-refractivity contribution in [2.45, 2.75) is 18.8 Å². The van der Waals surface area contributed by atoms with E-state index in [2.05, 4.69) is 11.1 Å². The van der Waals surface area contributed by atoms with Crippen molar-refractivity contribution in [2.24, 2.45) is 0 Å². The van der Waals surface area contributed by atoms with Crippen LogP contribution in [0.5, 0.6) is 0 Å². The molecule has 86 valence electrons. The predicted molar refractivity (Wildman–Crippen MR) is 70.3 cm³/mol. The summed E-state index contributed by atoms with van der Waals surface area (Å²) in [5, 5.41) is 0.686. The number of hydrogen-bond acceptors (Lipinski definition) is 2. The number of anilines is 1. The van der Waals surface area contributed by atoms with E-state index in [4.69, 9.17) is 17.3 Å². The molecule has 2 nitrogen and oxygen atoms in total. The molecule has 0 radical (unpaired) electrons. The van der Waals surface area contributed by atoms with Gasteiger partial charge in [0.1, 0.15) is 0 Å². The van der Waals surface area contributed by atoms with Crippen LogP contribution in [0.1, 0.15) is 29.2 Å². The van der Waals surface area contributed by atoms with Crippen LogP contribution in [0.3, 0.4) is 0 Å². The third-order valence-electron chi connectivity index (χ3n) is 3.38. The first-order chi connectivity index (χ1) is 8.25. The third kappa shape index (κ3) is 1.79. The van der Waals surface area contributed by atoms with Crippen molar-refractivity contribution in [3.8, 4) is 0 Å². The Bertz CT molecular complexity index is 566. The molecule has 1 aliphatic rings. The van der Waals surface area contributed by atoms with Crippen molar-refractivity contribution >= 4 is 17.3 Å². The van der Waals surface area contributed by atoms with Gasteiger partial charge in [0, 0.05) is 22.8 Å². The summed E-state index contributed by atoms with van der Waals surface area (Å²) in [6, 6.07) is 9.87. The summed E-state index contributed by atoms with van der Waals surface area (Å²) in [7, 11) is 0. The number of hydrogen-bond donors (Lipinski definition) is 1. The second kappa shape index (κ2) is 4.04. The minimum absolute atomic E-state index is 0.323. The summed E-state index contributed by atoms with van der Waals surface area (Å²) in [6.07, 6.45) is 4.01. The Labute approximate surface area is 105 Å². The number of fused-ring (bicyclic) bond motifs is 1. The minimum Gasteiger partial charge on any atom is -0.398 e. The molecule has 0 aliphatic heterocycles. The van der Waals surface area contributed by atoms with Crippen LogP contribution in [-0.4, -0.2) is 4.98 Å². The highest BCUT2D eigenvalue weighted by atomic mass is 35.5. The summed E-state index contributed by atoms with van der Waals surface area (Å²) < 4.78 is 0. The van der Waals surface area contributed by atoms with Crippen molar-refractivity contribution < 1.29 is 0 Å². The van der Waals surface area contributed by atoms with Crippen molar-refractivity contribution in [1.82, 2.24) is 4.98 Å². The average molecular weight is 245 g/mol. The smallest absolute Gasteiger partial charge is 0.0511 e. The van der Waals surface area contributed by atoms with Crippen LogP contribution < -0.4 is 5.73 Å². The predicted octanol–water partition coefficient (Wildman–Crippen LogP) is 3.40. The van der Waals surface area contributed by atoms with Crippen molar-refractivity contribution in [2.75, 3.05) is 5.73 Å². The van der Waals surface area contributed by atoms with Crippen molar-refractivity contribution in [3.05, 3.63) is 58.4 Å². The molecule has 0 saturated heterocycles. The zero-order chi connectivity index (χ0) is 11.8. The molecule has 0 bridgehead atoms. The van der Waals surface area contributed by atoms with Gasteiger partial charge in [0.05, 0.1) is 5.69 Å². The van der Waals surface area contributed by atoms with Crippen LogP contribution in [-0.2, 0) is 6.42 Å². The number of halogens is 1. The van der Waals surface area contributed by atoms with Gasteiger partial charge in [0.15, 0.2) is 0 Å². The molecule has 3 rings (SSSR count). The van der Waals surface area contributed by atoms with Gasteiger partial charge in [-0.3, -0.25) is 4.98 Å². The lowest BCUT2D eigenvalue weighted by Gasteiger charge is -2.13. The quantitative estimate of drug-likeness (QED) is 0.781. The van der Waals surface area contributed by atoms with E-state index in [-0.39, 0.29) is 0 Å². The van der Waals surface area contributed by atoms with Crippen LogP contribution in [0.4, 0.5) is 5.69 Å². The maximum absolute atomic E-state index is 6.05. The molecular formula is C14H13ClN2. The zero-order valence-corrected chi connectivity index (χ0v) is 10.1. The molecule has 3 heteroatoms. The molecule has 2 N–H and O–H groups in total. The lowest BCUT2D eigenvalue weighted by Crippen LogP contribution is -2.02. The van der Waals surface area contributed by atoms with Crippen LogP contribution in [0, 0.1) is 0 Å². The molecule has 0 fully saturated rings. The highest BCUT2D eigenvalue weighted by Gasteiger charge is 2.26. The Kier molecular flexibility index (Phi) is 2.52. The fourth-order valence-corrected chi connectivity index (χ4v) is 2.76. The Morgan fingerprint density at radius 3 is 3.00 bits per heavy atom. The fourth-order valence-electron chi connectivity index (χ4n) is 2.58. The van der Waals surface area contributed by atoms with E-state index in [1.165, 1.54) is 11.3 Å². The number of nitrogen functional groups attached to an aromatic ring is 1. The number of aromatic nitrogens is 1. The highest BCUT2D eigenvalue weighted by Crippen LogP contribution is 2.39. The van der Waals surface area contributed by atoms with Gasteiger partial charge < -0.3 is 5.73 Å². The molecule has 0 amide bonds. The first-order valence-corrected chi connectivity index (χ1v) is 6.12. The minimum atomic E-state index is 0.323. The van der Waals surface area contributed by atoms with Gasteiger partial charge in [-0.2, -0.15) is 0 Å². The summed E-state index contributed by atoms with van der Waals surface area (Å²) in [5.74, 6) is 0.323. The summed E-state index contributed by atoms with van der Waals surface area (Å²) >= 11 is 5.93. The summed E-state index contributed by atoms with van der Waals surface area (Å²) in [5.41, 5.74) is 10.5. The Hall–Kier alpha value is -1.54. The van der Waals surface area contributed by atoms with Gasteiger partial charge >= 0.3 is 0 Å². The molecule has 1 atom stereocenters. The molecule has 0 saturated carbocycles. The van der Waals surface area contributed by atoms with Gasteiger partial charge in [-0.05, 0) is 42.2 Å². The number of benzene rings is 1. The molecular weight excluding hydrogens is 232 g/mol. The second-order valence-corrected chi connectivity index (χ2v) is 4.85. The number of aryl methyl sites for hydroxylation is 1. The van der Waals surface area contributed by atoms with Gasteiger partial charge in [-0.15, -0.1) is 0 Å². The van der Waals surface area contributed by atoms with E-state index >= 15 is 0 Å². The molecule has 1 heterocycles. The van der Waals surface area contributed by atoms with E-state index in [0.29, 0.717) is 10.9 Å². The maximum atomic E-state index is 6.05. The van der Waals surface area contributed by atoms with E-state index in [0.717, 1.165) is 24.1 Å². The Morgan fingerprint density at radius 1 is 1.29 bits per heavy atom. The Morgan fingerprint density at radius 2 is 2.18 bits per heavy atom. The standard InChI is InChI=1S/C14H13ClN2/c15-10-4-6-11(13(16)8-10)12-5-3-9-2-1-7-17-14(9)12/h1-2,4,6-8,12H,3,5,16H2. The molecule has 1 aliphatic carbocycles. The Balaban J connectivity index is 2.07. The van der Waals surface area contributed by atoms with Gasteiger partial charge in [-0.25, -0.2) is 0 Å². The largest absolute Gasteiger partial charge is 0.398 e. The lowest BCUT2D eigenvalue weighted by molar-refractivity contribution is 0.774. The molecule has 1 unspecified atom stereocenters. The van der Waals surface area contributed by atoms with Gasteiger partial charge in [-0.1, -0.05) is 23.7 Å². The van der Waals surface area contributed by atoms with Gasteiger partial charge in [0.25, 0.3) is 0 Å². The third-order valence-corrected chi connectivity index (χ3v) is 3.62. The number of rotatable bonds is 1. The fraction of sp³-hybridized carbons (Fsp3) is 0.214. The SMILES string of the molecule is Nc1cc(Cl)ccc1C1CCc2cccnc21. The lowest BCUT2D eigenvalue weighted by atomic mass is 9.95. The van der Waals surface area contributed by atoms with Crippen LogP contribution in [0.25, 0.3) is 0 Å². The first-order valence-electron chi connectivity index (χ1n) is 5.74. The van der Waals surface area contributed by atoms with Crippen LogP contribution in [0.15, 0.2) is 36.5 Å². The monoisotopic (exact) mass is 244 g/mol. The normalized spacial score (nSPS) is 18.1. The summed E-state index contributed by atoms with van der Waals surface area (Å²) in [6.45, 7) is 0. The van der Waals surface area contributed by atoms with Gasteiger partial charge in [0.2, 0.25) is 0 Å². The average Bonchev–Trinajstić information content (AvgIpc) is 2.73. The first kappa shape index (κ1) is 10.6. The van der Waals surface area contributed by atoms with Crippen molar-refractivity contribution in [1.29, 1.82) is 0 Å². The van der Waals surface area contributed by atoms with E-state index < -0.39 is 0 Å². The second-order valence-electron chi connectivity index (χ2n) is 4.41. The van der Waals surface area contributed by atoms with Crippen LogP contribution >= 0.6 is 11.6 Å². The molecule has 1 aromatic heterocycles. The maximum Gasteiger partial charge on any atom is 0.0511 e. The van der Waals surface area contributed by atoms with Crippen molar-refractivity contribution in [3.63, 3.8) is 0 Å². The van der Waals surface area contributed by atoms with E-state index in [9.17, 15) is 0 Å². The number of pyridine rings is 1. The molecule has 1 aromatic carbocycles.